The molecule has 0 fully saturated rings. The summed E-state index contributed by atoms with van der Waals surface area (Å²) >= 11 is 0. The van der Waals surface area contributed by atoms with Crippen LogP contribution in [0.25, 0.3) is 0 Å². The number of likely N-dealkylation sites (N-methyl/N-ethyl adjacent to an activating group) is 1. The first-order valence-corrected chi connectivity index (χ1v) is 6.04. The van der Waals surface area contributed by atoms with Gasteiger partial charge < -0.3 is 5.11 Å². The predicted octanol–water partition coefficient (Wildman–Crippen LogP) is 2.16. The summed E-state index contributed by atoms with van der Waals surface area (Å²) in [6.45, 7) is 5.67. The maximum absolute atomic E-state index is 9.29. The van der Waals surface area contributed by atoms with Gasteiger partial charge in [0.05, 0.1) is 6.61 Å². The molecule has 0 aromatic heterocycles. The lowest BCUT2D eigenvalue weighted by atomic mass is 9.91. The fraction of sp³-hybridized carbons (Fsp3) is 0.571. The third-order valence-corrected chi connectivity index (χ3v) is 3.61. The molecular weight excluding hydrogens is 198 g/mol. The van der Waals surface area contributed by atoms with Gasteiger partial charge in [0.25, 0.3) is 0 Å². The highest BCUT2D eigenvalue weighted by molar-refractivity contribution is 5.35. The van der Waals surface area contributed by atoms with Gasteiger partial charge in [0.15, 0.2) is 0 Å². The van der Waals surface area contributed by atoms with Gasteiger partial charge in [-0.25, -0.2) is 0 Å². The first kappa shape index (κ1) is 11.6. The van der Waals surface area contributed by atoms with Gasteiger partial charge in [-0.05, 0) is 36.1 Å². The van der Waals surface area contributed by atoms with Crippen molar-refractivity contribution in [2.75, 3.05) is 13.7 Å². The van der Waals surface area contributed by atoms with E-state index < -0.39 is 0 Å². The molecule has 16 heavy (non-hydrogen) atoms. The van der Waals surface area contributed by atoms with Crippen LogP contribution in [0.4, 0.5) is 0 Å². The number of nitrogens with zero attached hydrogens (tertiary/aromatic N) is 1. The molecule has 0 radical (unpaired) electrons. The van der Waals surface area contributed by atoms with Crippen molar-refractivity contribution >= 4 is 0 Å². The molecule has 2 nitrogen and oxygen atoms in total. The molecule has 1 N–H and O–H groups in total. The van der Waals surface area contributed by atoms with E-state index in [4.69, 9.17) is 0 Å². The number of hydrogen-bond acceptors (Lipinski definition) is 2. The molecule has 0 amide bonds. The molecule has 0 saturated carbocycles. The zero-order valence-electron chi connectivity index (χ0n) is 10.4. The number of hydrogen-bond donors (Lipinski definition) is 1. The first-order valence-electron chi connectivity index (χ1n) is 6.04. The van der Waals surface area contributed by atoms with Crippen LogP contribution >= 0.6 is 0 Å². The molecule has 0 bridgehead atoms. The van der Waals surface area contributed by atoms with Crippen molar-refractivity contribution in [3.8, 4) is 0 Å². The SMILES string of the molecule is CC(C)c1ccc2c(c1)CN(C)C(CO)C2. The Balaban J connectivity index is 2.29. The minimum atomic E-state index is 0.252. The summed E-state index contributed by atoms with van der Waals surface area (Å²) in [6.07, 6.45) is 0.973. The van der Waals surface area contributed by atoms with Crippen LogP contribution in [0, 0.1) is 0 Å². The molecule has 1 atom stereocenters. The number of fused-ring (bicyclic) bond motifs is 1. The van der Waals surface area contributed by atoms with Gasteiger partial charge in [-0.1, -0.05) is 32.0 Å². The summed E-state index contributed by atoms with van der Waals surface area (Å²) in [5.74, 6) is 0.589. The lowest BCUT2D eigenvalue weighted by Gasteiger charge is -2.33. The summed E-state index contributed by atoms with van der Waals surface area (Å²) < 4.78 is 0. The molecule has 1 aromatic rings. The Morgan fingerprint density at radius 1 is 1.38 bits per heavy atom. The summed E-state index contributed by atoms with van der Waals surface area (Å²) in [6, 6.07) is 7.07. The molecule has 1 aliphatic rings. The number of aliphatic hydroxyl groups excluding tert-OH is 1. The Labute approximate surface area is 97.9 Å². The van der Waals surface area contributed by atoms with Crippen LogP contribution in [0.15, 0.2) is 18.2 Å². The van der Waals surface area contributed by atoms with Crippen LogP contribution in [-0.2, 0) is 13.0 Å². The molecule has 1 heterocycles. The quantitative estimate of drug-likeness (QED) is 0.824. The average molecular weight is 219 g/mol. The van der Waals surface area contributed by atoms with E-state index in [2.05, 4.69) is 44.0 Å². The minimum Gasteiger partial charge on any atom is -0.395 e. The van der Waals surface area contributed by atoms with Crippen molar-refractivity contribution < 1.29 is 5.11 Å². The highest BCUT2D eigenvalue weighted by Gasteiger charge is 2.22. The normalized spacial score (nSPS) is 21.2. The van der Waals surface area contributed by atoms with E-state index in [9.17, 15) is 5.11 Å². The third-order valence-electron chi connectivity index (χ3n) is 3.61. The average Bonchev–Trinajstić information content (AvgIpc) is 2.27. The van der Waals surface area contributed by atoms with Crippen molar-refractivity contribution in [2.45, 2.75) is 38.8 Å². The third kappa shape index (κ3) is 2.13. The van der Waals surface area contributed by atoms with Crippen LogP contribution in [0.3, 0.4) is 0 Å². The van der Waals surface area contributed by atoms with Crippen LogP contribution in [0.5, 0.6) is 0 Å². The first-order chi connectivity index (χ1) is 7.61. The molecule has 2 rings (SSSR count). The summed E-state index contributed by atoms with van der Waals surface area (Å²) in [5, 5.41) is 9.29. The van der Waals surface area contributed by atoms with Crippen LogP contribution in [0.1, 0.15) is 36.5 Å². The Hall–Kier alpha value is -0.860. The summed E-state index contributed by atoms with van der Waals surface area (Å²) in [4.78, 5) is 2.24. The van der Waals surface area contributed by atoms with Gasteiger partial charge in [-0.2, -0.15) is 0 Å². The number of rotatable bonds is 2. The largest absolute Gasteiger partial charge is 0.395 e. The second-order valence-corrected chi connectivity index (χ2v) is 5.14. The van der Waals surface area contributed by atoms with Gasteiger partial charge in [0.2, 0.25) is 0 Å². The summed E-state index contributed by atoms with van der Waals surface area (Å²) in [5.41, 5.74) is 4.24. The van der Waals surface area contributed by atoms with Crippen molar-refractivity contribution in [1.29, 1.82) is 0 Å². The molecule has 1 unspecified atom stereocenters. The van der Waals surface area contributed by atoms with Gasteiger partial charge >= 0.3 is 0 Å². The van der Waals surface area contributed by atoms with E-state index >= 15 is 0 Å². The van der Waals surface area contributed by atoms with Crippen molar-refractivity contribution in [2.24, 2.45) is 0 Å². The Kier molecular flexibility index (Phi) is 3.31. The van der Waals surface area contributed by atoms with Crippen molar-refractivity contribution in [1.82, 2.24) is 4.90 Å². The fourth-order valence-corrected chi connectivity index (χ4v) is 2.36. The second kappa shape index (κ2) is 4.56. The Morgan fingerprint density at radius 2 is 2.12 bits per heavy atom. The summed E-state index contributed by atoms with van der Waals surface area (Å²) in [7, 11) is 2.09. The highest BCUT2D eigenvalue weighted by atomic mass is 16.3. The topological polar surface area (TPSA) is 23.5 Å². The molecule has 2 heteroatoms. The molecular formula is C14H21NO. The second-order valence-electron chi connectivity index (χ2n) is 5.14. The lowest BCUT2D eigenvalue weighted by Crippen LogP contribution is -2.39. The molecule has 1 aliphatic heterocycles. The molecule has 0 aliphatic carbocycles. The monoisotopic (exact) mass is 219 g/mol. The minimum absolute atomic E-state index is 0.252. The van der Waals surface area contributed by atoms with Gasteiger partial charge in [-0.3, -0.25) is 4.90 Å². The lowest BCUT2D eigenvalue weighted by molar-refractivity contribution is 0.131. The Bertz CT molecular complexity index is 373. The van der Waals surface area contributed by atoms with E-state index in [0.29, 0.717) is 5.92 Å². The van der Waals surface area contributed by atoms with Crippen LogP contribution in [0.2, 0.25) is 0 Å². The standard InChI is InChI=1S/C14H21NO/c1-10(2)11-4-5-12-7-14(9-16)15(3)8-13(12)6-11/h4-6,10,14,16H,7-9H2,1-3H3. The zero-order chi connectivity index (χ0) is 11.7. The van der Waals surface area contributed by atoms with Crippen molar-refractivity contribution in [3.05, 3.63) is 34.9 Å². The van der Waals surface area contributed by atoms with Gasteiger partial charge in [-0.15, -0.1) is 0 Å². The maximum atomic E-state index is 9.29. The van der Waals surface area contributed by atoms with E-state index in [-0.39, 0.29) is 12.6 Å². The van der Waals surface area contributed by atoms with E-state index in [1.165, 1.54) is 16.7 Å². The maximum Gasteiger partial charge on any atom is 0.0590 e. The molecule has 88 valence electrons. The molecule has 0 spiro atoms. The van der Waals surface area contributed by atoms with E-state index in [1.807, 2.05) is 0 Å². The number of aliphatic hydroxyl groups is 1. The van der Waals surface area contributed by atoms with E-state index in [1.54, 1.807) is 0 Å². The van der Waals surface area contributed by atoms with Crippen molar-refractivity contribution in [3.63, 3.8) is 0 Å². The zero-order valence-corrected chi connectivity index (χ0v) is 10.4. The smallest absolute Gasteiger partial charge is 0.0590 e. The van der Waals surface area contributed by atoms with Crippen LogP contribution in [-0.4, -0.2) is 29.7 Å². The molecule has 1 aromatic carbocycles. The van der Waals surface area contributed by atoms with Gasteiger partial charge in [0, 0.05) is 12.6 Å². The highest BCUT2D eigenvalue weighted by Crippen LogP contribution is 2.25. The Morgan fingerprint density at radius 3 is 2.75 bits per heavy atom. The molecule has 0 saturated heterocycles. The predicted molar refractivity (Wildman–Crippen MR) is 66.6 cm³/mol. The number of benzene rings is 1. The van der Waals surface area contributed by atoms with Crippen LogP contribution < -0.4 is 0 Å². The fourth-order valence-electron chi connectivity index (χ4n) is 2.36. The van der Waals surface area contributed by atoms with E-state index in [0.717, 1.165) is 13.0 Å². The van der Waals surface area contributed by atoms with Gasteiger partial charge in [0.1, 0.15) is 0 Å².